The van der Waals surface area contributed by atoms with Crippen LogP contribution in [0.25, 0.3) is 16.3 Å². The SMILES string of the molecule is CN/C(CO)=C(\C=N)c1ccc2cnc(NC(=O)c3ccnc(NCCN(C)C)c3)cc2c1. The molecule has 172 valence electrons. The smallest absolute Gasteiger partial charge is 0.257 e. The van der Waals surface area contributed by atoms with E-state index in [1.807, 2.05) is 32.3 Å². The fraction of sp³-hybridized carbons (Fsp3) is 0.250. The average molecular weight is 448 g/mol. The number of hydrogen-bond acceptors (Lipinski definition) is 8. The maximum atomic E-state index is 12.8. The van der Waals surface area contributed by atoms with E-state index in [1.165, 1.54) is 6.21 Å². The van der Waals surface area contributed by atoms with Gasteiger partial charge in [0.25, 0.3) is 5.91 Å². The Labute approximate surface area is 193 Å². The highest BCUT2D eigenvalue weighted by Gasteiger charge is 2.11. The number of hydrogen-bond donors (Lipinski definition) is 5. The van der Waals surface area contributed by atoms with Crippen molar-refractivity contribution in [3.05, 3.63) is 65.6 Å². The molecule has 5 N–H and O–H groups in total. The summed E-state index contributed by atoms with van der Waals surface area (Å²) in [7, 11) is 5.69. The number of aliphatic hydroxyl groups excluding tert-OH is 1. The minimum Gasteiger partial charge on any atom is -0.390 e. The number of carbonyl (C=O) groups is 1. The number of rotatable bonds is 10. The Balaban J connectivity index is 1.81. The van der Waals surface area contributed by atoms with Crippen molar-refractivity contribution >= 4 is 40.1 Å². The van der Waals surface area contributed by atoms with Crippen molar-refractivity contribution in [3.63, 3.8) is 0 Å². The van der Waals surface area contributed by atoms with Crippen LogP contribution in [0.2, 0.25) is 0 Å². The van der Waals surface area contributed by atoms with Gasteiger partial charge in [-0.3, -0.25) is 4.79 Å². The summed E-state index contributed by atoms with van der Waals surface area (Å²) < 4.78 is 0. The van der Waals surface area contributed by atoms with Crippen molar-refractivity contribution < 1.29 is 9.90 Å². The number of anilines is 2. The van der Waals surface area contributed by atoms with Crippen LogP contribution in [0.4, 0.5) is 11.6 Å². The summed E-state index contributed by atoms with van der Waals surface area (Å²) in [5, 5.41) is 28.0. The van der Waals surface area contributed by atoms with Crippen LogP contribution in [-0.2, 0) is 0 Å². The number of carbonyl (C=O) groups excluding carboxylic acids is 1. The Hall–Kier alpha value is -3.82. The molecule has 2 heterocycles. The van der Waals surface area contributed by atoms with Gasteiger partial charge in [0.15, 0.2) is 0 Å². The number of fused-ring (bicyclic) bond motifs is 1. The number of likely N-dealkylation sites (N-methyl/N-ethyl adjacent to an activating group) is 2. The number of amides is 1. The van der Waals surface area contributed by atoms with E-state index in [0.717, 1.165) is 29.4 Å². The van der Waals surface area contributed by atoms with Crippen LogP contribution in [0.3, 0.4) is 0 Å². The second-order valence-electron chi connectivity index (χ2n) is 7.69. The number of nitrogens with one attached hydrogen (secondary N) is 4. The lowest BCUT2D eigenvalue weighted by atomic mass is 10.0. The van der Waals surface area contributed by atoms with Crippen molar-refractivity contribution in [2.24, 2.45) is 0 Å². The molecule has 0 aliphatic heterocycles. The molecule has 0 saturated heterocycles. The zero-order valence-electron chi connectivity index (χ0n) is 19.0. The molecule has 0 atom stereocenters. The van der Waals surface area contributed by atoms with E-state index in [1.54, 1.807) is 37.6 Å². The van der Waals surface area contributed by atoms with Gasteiger partial charge >= 0.3 is 0 Å². The minimum atomic E-state index is -0.283. The maximum absolute atomic E-state index is 12.8. The highest BCUT2D eigenvalue weighted by molar-refractivity contribution is 6.11. The van der Waals surface area contributed by atoms with Crippen molar-refractivity contribution in [2.45, 2.75) is 0 Å². The summed E-state index contributed by atoms with van der Waals surface area (Å²) in [6.45, 7) is 1.37. The Bertz CT molecular complexity index is 1170. The molecule has 0 fully saturated rings. The third-order valence-corrected chi connectivity index (χ3v) is 5.09. The van der Waals surface area contributed by atoms with Gasteiger partial charge in [-0.2, -0.15) is 0 Å². The fourth-order valence-electron chi connectivity index (χ4n) is 3.28. The van der Waals surface area contributed by atoms with E-state index in [4.69, 9.17) is 5.41 Å². The zero-order valence-corrected chi connectivity index (χ0v) is 19.0. The summed E-state index contributed by atoms with van der Waals surface area (Å²) in [5.41, 5.74) is 2.40. The van der Waals surface area contributed by atoms with Crippen LogP contribution >= 0.6 is 0 Å². The first-order valence-electron chi connectivity index (χ1n) is 10.5. The van der Waals surface area contributed by atoms with Gasteiger partial charge in [0.1, 0.15) is 11.6 Å². The van der Waals surface area contributed by atoms with Crippen LogP contribution in [0.1, 0.15) is 15.9 Å². The number of aromatic nitrogens is 2. The summed E-state index contributed by atoms with van der Waals surface area (Å²) in [6, 6.07) is 10.8. The molecule has 33 heavy (non-hydrogen) atoms. The predicted molar refractivity (Wildman–Crippen MR) is 133 cm³/mol. The van der Waals surface area contributed by atoms with Gasteiger partial charge < -0.3 is 31.4 Å². The quantitative estimate of drug-likeness (QED) is 0.302. The number of nitrogens with zero attached hydrogens (tertiary/aromatic N) is 3. The Kier molecular flexibility index (Phi) is 8.06. The molecule has 0 unspecified atom stereocenters. The van der Waals surface area contributed by atoms with E-state index >= 15 is 0 Å². The van der Waals surface area contributed by atoms with Crippen LogP contribution in [0.5, 0.6) is 0 Å². The number of allylic oxidation sites excluding steroid dienone is 1. The number of benzene rings is 1. The van der Waals surface area contributed by atoms with E-state index < -0.39 is 0 Å². The van der Waals surface area contributed by atoms with E-state index in [-0.39, 0.29) is 12.5 Å². The van der Waals surface area contributed by atoms with Crippen LogP contribution in [0, 0.1) is 5.41 Å². The molecular weight excluding hydrogens is 418 g/mol. The summed E-state index contributed by atoms with van der Waals surface area (Å²) >= 11 is 0. The Morgan fingerprint density at radius 2 is 1.91 bits per heavy atom. The third-order valence-electron chi connectivity index (χ3n) is 5.09. The largest absolute Gasteiger partial charge is 0.390 e. The van der Waals surface area contributed by atoms with Crippen molar-refractivity contribution in [1.82, 2.24) is 20.2 Å². The topological polar surface area (TPSA) is 126 Å². The maximum Gasteiger partial charge on any atom is 0.257 e. The minimum absolute atomic E-state index is 0.200. The van der Waals surface area contributed by atoms with E-state index in [9.17, 15) is 9.90 Å². The highest BCUT2D eigenvalue weighted by atomic mass is 16.3. The Morgan fingerprint density at radius 1 is 1.09 bits per heavy atom. The zero-order chi connectivity index (χ0) is 23.8. The molecule has 0 aliphatic rings. The van der Waals surface area contributed by atoms with Gasteiger partial charge in [0.05, 0.1) is 6.61 Å². The first-order valence-corrected chi connectivity index (χ1v) is 10.5. The summed E-state index contributed by atoms with van der Waals surface area (Å²) in [4.78, 5) is 23.5. The second kappa shape index (κ2) is 11.2. The molecule has 0 spiro atoms. The van der Waals surface area contributed by atoms with Crippen LogP contribution in [0.15, 0.2) is 54.5 Å². The van der Waals surface area contributed by atoms with Crippen molar-refractivity contribution in [3.8, 4) is 0 Å². The van der Waals surface area contributed by atoms with Gasteiger partial charge in [-0.05, 0) is 49.3 Å². The Morgan fingerprint density at radius 3 is 2.61 bits per heavy atom. The fourth-order valence-corrected chi connectivity index (χ4v) is 3.28. The molecule has 0 bridgehead atoms. The highest BCUT2D eigenvalue weighted by Crippen LogP contribution is 2.23. The van der Waals surface area contributed by atoms with Gasteiger partial charge in [-0.25, -0.2) is 9.97 Å². The van der Waals surface area contributed by atoms with E-state index in [0.29, 0.717) is 28.5 Å². The average Bonchev–Trinajstić information content (AvgIpc) is 2.82. The first kappa shape index (κ1) is 23.8. The lowest BCUT2D eigenvalue weighted by molar-refractivity contribution is 0.102. The molecule has 0 radical (unpaired) electrons. The van der Waals surface area contributed by atoms with Gasteiger partial charge in [0.2, 0.25) is 0 Å². The molecule has 0 aliphatic carbocycles. The lowest BCUT2D eigenvalue weighted by Gasteiger charge is -2.12. The molecule has 9 heteroatoms. The molecule has 3 rings (SSSR count). The normalized spacial score (nSPS) is 11.8. The summed E-state index contributed by atoms with van der Waals surface area (Å²) in [5.74, 6) is 0.768. The monoisotopic (exact) mass is 447 g/mol. The molecule has 0 saturated carbocycles. The molecule has 1 aromatic carbocycles. The third kappa shape index (κ3) is 6.12. The standard InChI is InChI=1S/C24H29N7O2/c1-26-21(15-32)20(13-25)16-4-5-18-14-29-23(12-19(18)10-16)30-24(33)17-6-7-27-22(11-17)28-8-9-31(2)3/h4-7,10-14,25-26,32H,8-9,15H2,1-3H3,(H,27,28)(H,29,30,33)/b21-20+,25-13?. The van der Waals surface area contributed by atoms with Gasteiger partial charge in [-0.15, -0.1) is 0 Å². The lowest BCUT2D eigenvalue weighted by Crippen LogP contribution is -2.21. The molecular formula is C24H29N7O2. The molecule has 2 aromatic heterocycles. The van der Waals surface area contributed by atoms with Crippen molar-refractivity contribution in [2.75, 3.05) is 51.5 Å². The number of aliphatic hydroxyl groups is 1. The van der Waals surface area contributed by atoms with Gasteiger partial charge in [-0.1, -0.05) is 12.1 Å². The summed E-state index contributed by atoms with van der Waals surface area (Å²) in [6.07, 6.45) is 4.49. The van der Waals surface area contributed by atoms with Gasteiger partial charge in [0, 0.05) is 61.0 Å². The van der Waals surface area contributed by atoms with Crippen LogP contribution < -0.4 is 16.0 Å². The van der Waals surface area contributed by atoms with Crippen molar-refractivity contribution in [1.29, 1.82) is 5.41 Å². The molecule has 9 nitrogen and oxygen atoms in total. The van der Waals surface area contributed by atoms with Crippen LogP contribution in [-0.4, -0.2) is 72.9 Å². The second-order valence-corrected chi connectivity index (χ2v) is 7.69. The number of pyridine rings is 2. The first-order chi connectivity index (χ1) is 15.9. The molecule has 1 amide bonds. The molecule has 3 aromatic rings. The van der Waals surface area contributed by atoms with E-state index in [2.05, 4.69) is 30.8 Å². The predicted octanol–water partition coefficient (Wildman–Crippen LogP) is 2.43.